The Morgan fingerprint density at radius 2 is 1.86 bits per heavy atom. The Morgan fingerprint density at radius 1 is 1.11 bits per heavy atom. The van der Waals surface area contributed by atoms with Crippen molar-refractivity contribution in [3.8, 4) is 17.6 Å². The molecule has 6 heteroatoms. The van der Waals surface area contributed by atoms with Gasteiger partial charge in [0.15, 0.2) is 11.5 Å². The zero-order valence-electron chi connectivity index (χ0n) is 16.2. The number of fused-ring (bicyclic) bond motifs is 2. The summed E-state index contributed by atoms with van der Waals surface area (Å²) < 4.78 is 0. The molecule has 1 fully saturated rings. The van der Waals surface area contributed by atoms with E-state index in [-0.39, 0.29) is 11.5 Å². The Bertz CT molecular complexity index is 898. The number of nitriles is 1. The molecule has 0 radical (unpaired) electrons. The molecule has 1 saturated heterocycles. The molecule has 148 valence electrons. The molecule has 4 rings (SSSR count). The first-order valence-electron chi connectivity index (χ1n) is 10.4. The number of aromatic nitrogens is 1. The van der Waals surface area contributed by atoms with Crippen LogP contribution in [0.5, 0.6) is 11.5 Å². The lowest BCUT2D eigenvalue weighted by Gasteiger charge is -2.33. The van der Waals surface area contributed by atoms with Crippen molar-refractivity contribution in [3.05, 3.63) is 23.4 Å². The van der Waals surface area contributed by atoms with E-state index in [9.17, 15) is 10.2 Å². The lowest BCUT2D eigenvalue weighted by molar-refractivity contribution is 0.223. The number of benzene rings is 1. The maximum absolute atomic E-state index is 10.1. The number of likely N-dealkylation sites (tertiary alicyclic amines) is 1. The first-order chi connectivity index (χ1) is 13.7. The number of nitrogens with zero attached hydrogens (tertiary/aromatic N) is 3. The number of aryl methyl sites for hydroxylation is 1. The summed E-state index contributed by atoms with van der Waals surface area (Å²) in [6, 6.07) is 5.82. The van der Waals surface area contributed by atoms with E-state index in [1.807, 2.05) is 0 Å². The van der Waals surface area contributed by atoms with Gasteiger partial charge < -0.3 is 20.4 Å². The Balaban J connectivity index is 1.64. The summed E-state index contributed by atoms with van der Waals surface area (Å²) in [5.74, 6) is -0.220. The Morgan fingerprint density at radius 3 is 2.64 bits per heavy atom. The van der Waals surface area contributed by atoms with Crippen molar-refractivity contribution in [2.45, 2.75) is 57.4 Å². The summed E-state index contributed by atoms with van der Waals surface area (Å²) in [6.45, 7) is 2.84. The van der Waals surface area contributed by atoms with Crippen molar-refractivity contribution >= 4 is 16.6 Å². The van der Waals surface area contributed by atoms with Crippen molar-refractivity contribution < 1.29 is 10.2 Å². The van der Waals surface area contributed by atoms with Gasteiger partial charge in [0.1, 0.15) is 0 Å². The maximum atomic E-state index is 10.1. The van der Waals surface area contributed by atoms with Gasteiger partial charge in [-0.05, 0) is 50.2 Å². The molecule has 2 aliphatic rings. The average Bonchev–Trinajstić information content (AvgIpc) is 2.94. The lowest BCUT2D eigenvalue weighted by Crippen LogP contribution is -2.39. The molecule has 1 aliphatic carbocycles. The van der Waals surface area contributed by atoms with Crippen LogP contribution in [-0.2, 0) is 12.8 Å². The van der Waals surface area contributed by atoms with Gasteiger partial charge in [-0.1, -0.05) is 6.42 Å². The molecule has 1 aromatic carbocycles. The summed E-state index contributed by atoms with van der Waals surface area (Å²) in [4.78, 5) is 7.18. The highest BCUT2D eigenvalue weighted by Gasteiger charge is 2.23. The quantitative estimate of drug-likeness (QED) is 0.553. The summed E-state index contributed by atoms with van der Waals surface area (Å²) >= 11 is 0. The van der Waals surface area contributed by atoms with Crippen LogP contribution in [0.4, 0.5) is 5.69 Å². The Kier molecular flexibility index (Phi) is 5.54. The third kappa shape index (κ3) is 3.85. The molecule has 0 atom stereocenters. The minimum absolute atomic E-state index is 0.0998. The molecule has 0 bridgehead atoms. The first kappa shape index (κ1) is 18.8. The lowest BCUT2D eigenvalue weighted by atomic mass is 9.98. The normalized spacial score (nSPS) is 18.4. The van der Waals surface area contributed by atoms with Gasteiger partial charge in [0.25, 0.3) is 0 Å². The molecule has 0 saturated carbocycles. The molecule has 6 nitrogen and oxygen atoms in total. The van der Waals surface area contributed by atoms with E-state index in [1.165, 1.54) is 12.0 Å². The predicted molar refractivity (Wildman–Crippen MR) is 110 cm³/mol. The third-order valence-electron chi connectivity index (χ3n) is 6.08. The monoisotopic (exact) mass is 380 g/mol. The summed E-state index contributed by atoms with van der Waals surface area (Å²) in [5.41, 5.74) is 4.24. The van der Waals surface area contributed by atoms with E-state index in [1.54, 1.807) is 12.1 Å². The Hall–Kier alpha value is -2.52. The standard InChI is InChI=1S/C22H28N4O2/c23-9-4-10-26-11-7-15(8-12-26)24-22-16-5-2-1-3-6-18(16)25-19-14-21(28)20(27)13-17(19)22/h13-15,27-28H,1-8,10-12H2,(H,24,25). The van der Waals surface area contributed by atoms with Crippen LogP contribution < -0.4 is 5.32 Å². The van der Waals surface area contributed by atoms with Gasteiger partial charge in [-0.2, -0.15) is 5.26 Å². The van der Waals surface area contributed by atoms with Crippen molar-refractivity contribution in [2.24, 2.45) is 0 Å². The molecular formula is C22H28N4O2. The molecule has 1 aromatic heterocycles. The van der Waals surface area contributed by atoms with Crippen molar-refractivity contribution in [1.29, 1.82) is 5.26 Å². The number of phenolic OH excluding ortho intramolecular Hbond substituents is 2. The fraction of sp³-hybridized carbons (Fsp3) is 0.545. The number of hydrogen-bond acceptors (Lipinski definition) is 6. The van der Waals surface area contributed by atoms with Crippen LogP contribution in [0.15, 0.2) is 12.1 Å². The first-order valence-corrected chi connectivity index (χ1v) is 10.4. The smallest absolute Gasteiger partial charge is 0.159 e. The molecule has 0 amide bonds. The fourth-order valence-electron chi connectivity index (χ4n) is 4.50. The number of aromatic hydroxyl groups is 2. The van der Waals surface area contributed by atoms with Crippen molar-refractivity contribution in [1.82, 2.24) is 9.88 Å². The second-order valence-corrected chi connectivity index (χ2v) is 8.00. The van der Waals surface area contributed by atoms with Crippen LogP contribution in [-0.4, -0.2) is 45.8 Å². The van der Waals surface area contributed by atoms with Gasteiger partial charge in [0.2, 0.25) is 0 Å². The maximum Gasteiger partial charge on any atom is 0.159 e. The highest BCUT2D eigenvalue weighted by Crippen LogP contribution is 2.38. The van der Waals surface area contributed by atoms with Gasteiger partial charge in [-0.15, -0.1) is 0 Å². The topological polar surface area (TPSA) is 92.4 Å². The van der Waals surface area contributed by atoms with Crippen molar-refractivity contribution in [2.75, 3.05) is 25.0 Å². The predicted octanol–water partition coefficient (Wildman–Crippen LogP) is 3.70. The molecule has 2 heterocycles. The van der Waals surface area contributed by atoms with E-state index in [4.69, 9.17) is 10.2 Å². The van der Waals surface area contributed by atoms with Gasteiger partial charge in [-0.3, -0.25) is 4.98 Å². The number of nitrogens with one attached hydrogen (secondary N) is 1. The largest absolute Gasteiger partial charge is 0.504 e. The SMILES string of the molecule is N#CCCN1CCC(Nc2c3c(nc4cc(O)c(O)cc24)CCCCC3)CC1. The fourth-order valence-corrected chi connectivity index (χ4v) is 4.50. The van der Waals surface area contributed by atoms with Crippen LogP contribution in [0, 0.1) is 11.3 Å². The van der Waals surface area contributed by atoms with Crippen LogP contribution in [0.2, 0.25) is 0 Å². The van der Waals surface area contributed by atoms with Crippen molar-refractivity contribution in [3.63, 3.8) is 0 Å². The van der Waals surface area contributed by atoms with Gasteiger partial charge >= 0.3 is 0 Å². The molecule has 3 N–H and O–H groups in total. The molecule has 0 unspecified atom stereocenters. The third-order valence-corrected chi connectivity index (χ3v) is 6.08. The number of piperidine rings is 1. The second-order valence-electron chi connectivity index (χ2n) is 8.00. The minimum atomic E-state index is -0.120. The van der Waals surface area contributed by atoms with E-state index in [2.05, 4.69) is 16.3 Å². The zero-order valence-corrected chi connectivity index (χ0v) is 16.2. The van der Waals surface area contributed by atoms with Gasteiger partial charge in [0, 0.05) is 54.9 Å². The molecule has 0 spiro atoms. The molecule has 28 heavy (non-hydrogen) atoms. The summed E-state index contributed by atoms with van der Waals surface area (Å²) in [6.07, 6.45) is 8.14. The minimum Gasteiger partial charge on any atom is -0.504 e. The number of rotatable bonds is 4. The van der Waals surface area contributed by atoms with Gasteiger partial charge in [-0.25, -0.2) is 0 Å². The van der Waals surface area contributed by atoms with E-state index in [0.29, 0.717) is 12.5 Å². The number of hydrogen-bond donors (Lipinski definition) is 3. The Labute approximate surface area is 165 Å². The van der Waals surface area contributed by atoms with Crippen LogP contribution >= 0.6 is 0 Å². The van der Waals surface area contributed by atoms with Gasteiger partial charge in [0.05, 0.1) is 11.6 Å². The molecular weight excluding hydrogens is 352 g/mol. The summed E-state index contributed by atoms with van der Waals surface area (Å²) in [5, 5.41) is 33.5. The number of anilines is 1. The molecule has 1 aliphatic heterocycles. The van der Waals surface area contributed by atoms with E-state index in [0.717, 1.165) is 80.4 Å². The van der Waals surface area contributed by atoms with E-state index < -0.39 is 0 Å². The van der Waals surface area contributed by atoms with Crippen LogP contribution in [0.25, 0.3) is 10.9 Å². The van der Waals surface area contributed by atoms with E-state index >= 15 is 0 Å². The number of phenols is 2. The number of pyridine rings is 1. The average molecular weight is 380 g/mol. The molecule has 2 aromatic rings. The van der Waals surface area contributed by atoms with Crippen LogP contribution in [0.3, 0.4) is 0 Å². The second kappa shape index (κ2) is 8.24. The zero-order chi connectivity index (χ0) is 19.5. The van der Waals surface area contributed by atoms with Crippen LogP contribution in [0.1, 0.15) is 49.8 Å². The summed E-state index contributed by atoms with van der Waals surface area (Å²) in [7, 11) is 0. The highest BCUT2D eigenvalue weighted by molar-refractivity contribution is 5.95. The highest BCUT2D eigenvalue weighted by atomic mass is 16.3.